The van der Waals surface area contributed by atoms with E-state index in [1.54, 1.807) is 66.7 Å². The molecular weight excluding hydrogens is 490 g/mol. The van der Waals surface area contributed by atoms with Crippen LogP contribution in [-0.2, 0) is 0 Å². The summed E-state index contributed by atoms with van der Waals surface area (Å²) in [5, 5.41) is 4.82. The highest BCUT2D eigenvalue weighted by Gasteiger charge is 2.19. The average Bonchev–Trinajstić information content (AvgIpc) is 3.65. The lowest BCUT2D eigenvalue weighted by Gasteiger charge is -2.10. The summed E-state index contributed by atoms with van der Waals surface area (Å²) in [6, 6.07) is 20.1. The molecule has 10 heteroatoms. The van der Waals surface area contributed by atoms with E-state index in [1.807, 2.05) is 6.07 Å². The lowest BCUT2D eigenvalue weighted by Crippen LogP contribution is -2.20. The van der Waals surface area contributed by atoms with Crippen molar-refractivity contribution in [2.24, 2.45) is 5.10 Å². The number of nitrogens with zero attached hydrogens (tertiary/aromatic N) is 3. The van der Waals surface area contributed by atoms with Gasteiger partial charge in [-0.15, -0.1) is 0 Å². The highest BCUT2D eigenvalue weighted by molar-refractivity contribution is 5.92. The summed E-state index contributed by atoms with van der Waals surface area (Å²) in [5.74, 6) is 1.64. The maximum absolute atomic E-state index is 13.2. The molecule has 0 amide bonds. The highest BCUT2D eigenvalue weighted by Crippen LogP contribution is 2.34. The van der Waals surface area contributed by atoms with Crippen LogP contribution >= 0.6 is 0 Å². The van der Waals surface area contributed by atoms with Gasteiger partial charge in [0.15, 0.2) is 28.8 Å². The molecule has 3 aromatic carbocycles. The SMILES string of the molecule is COc1cc(/C=N\n2c(-c3ccco3)nc3ccccc3c2=O)ccc1OC(=O)c1ccc2c(c1)OCO2. The molecule has 10 nitrogen and oxygen atoms in total. The van der Waals surface area contributed by atoms with Crippen molar-refractivity contribution in [2.75, 3.05) is 13.9 Å². The van der Waals surface area contributed by atoms with Gasteiger partial charge in [0.2, 0.25) is 12.6 Å². The molecule has 0 atom stereocenters. The van der Waals surface area contributed by atoms with Crippen LogP contribution < -0.4 is 24.5 Å². The molecule has 0 saturated carbocycles. The molecule has 188 valence electrons. The van der Waals surface area contributed by atoms with Crippen LogP contribution in [0.15, 0.2) is 93.4 Å². The van der Waals surface area contributed by atoms with Crippen LogP contribution in [0.3, 0.4) is 0 Å². The summed E-state index contributed by atoms with van der Waals surface area (Å²) in [4.78, 5) is 30.5. The second-order valence-electron chi connectivity index (χ2n) is 8.16. The summed E-state index contributed by atoms with van der Waals surface area (Å²) >= 11 is 0. The first-order valence-electron chi connectivity index (χ1n) is 11.5. The van der Waals surface area contributed by atoms with Crippen molar-refractivity contribution in [2.45, 2.75) is 0 Å². The van der Waals surface area contributed by atoms with Gasteiger partial charge in [0.1, 0.15) is 0 Å². The van der Waals surface area contributed by atoms with Gasteiger partial charge >= 0.3 is 5.97 Å². The van der Waals surface area contributed by atoms with Crippen molar-refractivity contribution < 1.29 is 28.2 Å². The Morgan fingerprint density at radius 1 is 1.00 bits per heavy atom. The Labute approximate surface area is 215 Å². The molecule has 0 saturated heterocycles. The fourth-order valence-electron chi connectivity index (χ4n) is 3.95. The van der Waals surface area contributed by atoms with E-state index in [1.165, 1.54) is 24.3 Å². The lowest BCUT2D eigenvalue weighted by atomic mass is 10.2. The van der Waals surface area contributed by atoms with Gasteiger partial charge in [0.05, 0.1) is 36.1 Å². The van der Waals surface area contributed by atoms with Gasteiger partial charge in [-0.25, -0.2) is 9.78 Å². The zero-order valence-corrected chi connectivity index (χ0v) is 20.0. The zero-order valence-electron chi connectivity index (χ0n) is 20.0. The molecule has 6 rings (SSSR count). The monoisotopic (exact) mass is 509 g/mol. The number of carbonyl (C=O) groups excluding carboxylic acids is 1. The summed E-state index contributed by atoms with van der Waals surface area (Å²) in [6.07, 6.45) is 2.98. The first kappa shape index (κ1) is 23.0. The molecule has 0 radical (unpaired) electrons. The number of para-hydroxylation sites is 1. The van der Waals surface area contributed by atoms with E-state index in [0.717, 1.165) is 0 Å². The quantitative estimate of drug-likeness (QED) is 0.187. The number of ether oxygens (including phenoxy) is 4. The smallest absolute Gasteiger partial charge is 0.343 e. The predicted octanol–water partition coefficient (Wildman–Crippen LogP) is 4.50. The van der Waals surface area contributed by atoms with E-state index in [2.05, 4.69) is 10.1 Å². The lowest BCUT2D eigenvalue weighted by molar-refractivity contribution is 0.0729. The Hall–Kier alpha value is -5.38. The van der Waals surface area contributed by atoms with Crippen molar-refractivity contribution in [3.05, 3.63) is 101 Å². The van der Waals surface area contributed by atoms with Crippen LogP contribution in [0.4, 0.5) is 0 Å². The minimum atomic E-state index is -0.583. The first-order chi connectivity index (χ1) is 18.6. The number of benzene rings is 3. The van der Waals surface area contributed by atoms with E-state index in [-0.39, 0.29) is 23.9 Å². The minimum Gasteiger partial charge on any atom is -0.493 e. The third-order valence-electron chi connectivity index (χ3n) is 5.82. The normalized spacial score (nSPS) is 12.2. The number of hydrogen-bond donors (Lipinski definition) is 0. The third kappa shape index (κ3) is 4.24. The number of methoxy groups -OCH3 is 1. The van der Waals surface area contributed by atoms with Crippen LogP contribution in [0.2, 0.25) is 0 Å². The van der Waals surface area contributed by atoms with Gasteiger partial charge in [-0.1, -0.05) is 12.1 Å². The summed E-state index contributed by atoms with van der Waals surface area (Å²) < 4.78 is 28.3. The molecular formula is C28H19N3O7. The van der Waals surface area contributed by atoms with E-state index in [4.69, 9.17) is 23.4 Å². The molecule has 0 spiro atoms. The third-order valence-corrected chi connectivity index (χ3v) is 5.82. The number of aromatic nitrogens is 2. The molecule has 5 aromatic rings. The number of furan rings is 1. The largest absolute Gasteiger partial charge is 0.493 e. The second-order valence-corrected chi connectivity index (χ2v) is 8.16. The Kier molecular flexibility index (Phi) is 5.81. The number of fused-ring (bicyclic) bond motifs is 2. The first-order valence-corrected chi connectivity index (χ1v) is 11.5. The topological polar surface area (TPSA) is 114 Å². The number of hydrogen-bond acceptors (Lipinski definition) is 9. The van der Waals surface area contributed by atoms with Crippen LogP contribution in [0.5, 0.6) is 23.0 Å². The molecule has 0 bridgehead atoms. The number of carbonyl (C=O) groups is 1. The van der Waals surface area contributed by atoms with E-state index < -0.39 is 5.97 Å². The van der Waals surface area contributed by atoms with Gasteiger partial charge in [-0.05, 0) is 66.2 Å². The highest BCUT2D eigenvalue weighted by atomic mass is 16.7. The van der Waals surface area contributed by atoms with Gasteiger partial charge in [0.25, 0.3) is 5.56 Å². The van der Waals surface area contributed by atoms with Crippen LogP contribution in [0.1, 0.15) is 15.9 Å². The van der Waals surface area contributed by atoms with Gasteiger partial charge in [-0.2, -0.15) is 9.78 Å². The Morgan fingerprint density at radius 2 is 1.87 bits per heavy atom. The van der Waals surface area contributed by atoms with Crippen molar-refractivity contribution >= 4 is 23.1 Å². The molecule has 0 unspecified atom stereocenters. The maximum Gasteiger partial charge on any atom is 0.343 e. The number of rotatable bonds is 6. The van der Waals surface area contributed by atoms with E-state index in [0.29, 0.717) is 45.0 Å². The van der Waals surface area contributed by atoms with Crippen molar-refractivity contribution in [3.63, 3.8) is 0 Å². The van der Waals surface area contributed by atoms with E-state index in [9.17, 15) is 9.59 Å². The fourth-order valence-corrected chi connectivity index (χ4v) is 3.95. The summed E-state index contributed by atoms with van der Waals surface area (Å²) in [5.41, 5.74) is 1.08. The van der Waals surface area contributed by atoms with Gasteiger partial charge in [0, 0.05) is 0 Å². The standard InChI is InChI=1S/C28H19N3O7/c1-34-24-13-17(8-10-22(24)38-28(33)18-9-11-21-25(14-18)37-16-36-21)15-29-31-26(23-7-4-12-35-23)30-20-6-3-2-5-19(20)27(31)32/h2-15H,16H2,1H3/b29-15-. The van der Waals surface area contributed by atoms with Crippen LogP contribution in [0.25, 0.3) is 22.5 Å². The predicted molar refractivity (Wildman–Crippen MR) is 137 cm³/mol. The van der Waals surface area contributed by atoms with Crippen LogP contribution in [-0.4, -0.2) is 35.7 Å². The van der Waals surface area contributed by atoms with Gasteiger partial charge < -0.3 is 23.4 Å². The van der Waals surface area contributed by atoms with Crippen molar-refractivity contribution in [1.29, 1.82) is 0 Å². The molecule has 0 N–H and O–H groups in total. The molecule has 0 fully saturated rings. The van der Waals surface area contributed by atoms with Crippen molar-refractivity contribution in [1.82, 2.24) is 9.66 Å². The average molecular weight is 509 g/mol. The Bertz CT molecular complexity index is 1760. The van der Waals surface area contributed by atoms with Gasteiger partial charge in [-0.3, -0.25) is 4.79 Å². The molecule has 0 aliphatic carbocycles. The number of esters is 1. The van der Waals surface area contributed by atoms with Crippen LogP contribution in [0, 0.1) is 0 Å². The van der Waals surface area contributed by atoms with E-state index >= 15 is 0 Å². The molecule has 1 aliphatic heterocycles. The zero-order chi connectivity index (χ0) is 26.1. The summed E-state index contributed by atoms with van der Waals surface area (Å²) in [7, 11) is 1.46. The fraction of sp³-hybridized carbons (Fsp3) is 0.0714. The Morgan fingerprint density at radius 3 is 2.71 bits per heavy atom. The molecule has 1 aliphatic rings. The molecule has 38 heavy (non-hydrogen) atoms. The molecule has 3 heterocycles. The molecule has 2 aromatic heterocycles. The van der Waals surface area contributed by atoms with Crippen molar-refractivity contribution in [3.8, 4) is 34.6 Å². The maximum atomic E-state index is 13.2. The Balaban J connectivity index is 1.31. The summed E-state index contributed by atoms with van der Waals surface area (Å²) in [6.45, 7) is 0.106. The second kappa shape index (κ2) is 9.58. The minimum absolute atomic E-state index is 0.106.